The van der Waals surface area contributed by atoms with Crippen LogP contribution in [-0.2, 0) is 4.79 Å². The summed E-state index contributed by atoms with van der Waals surface area (Å²) < 4.78 is -1.44. The summed E-state index contributed by atoms with van der Waals surface area (Å²) in [7, 11) is 3.91. The van der Waals surface area contributed by atoms with Gasteiger partial charge in [0.2, 0.25) is 4.33 Å². The zero-order valence-electron chi connectivity index (χ0n) is 12.3. The molecule has 1 unspecified atom stereocenters. The Morgan fingerprint density at radius 2 is 1.59 bits per heavy atom. The van der Waals surface area contributed by atoms with E-state index in [9.17, 15) is 4.79 Å². The average molecular weight is 335 g/mol. The smallest absolute Gasteiger partial charge is 0.266 e. The minimum Gasteiger partial charge on any atom is -0.377 e. The largest absolute Gasteiger partial charge is 0.377 e. The number of halogens is 2. The molecular weight excluding hydrogens is 319 g/mol. The van der Waals surface area contributed by atoms with Gasteiger partial charge >= 0.3 is 0 Å². The van der Waals surface area contributed by atoms with E-state index in [2.05, 4.69) is 0 Å². The van der Waals surface area contributed by atoms with Gasteiger partial charge in [0.1, 0.15) is 6.04 Å². The van der Waals surface area contributed by atoms with E-state index >= 15 is 0 Å². The molecule has 3 rings (SSSR count). The molecule has 0 N–H and O–H groups in total. The molecule has 2 aromatic rings. The lowest BCUT2D eigenvalue weighted by atomic mass is 9.90. The Kier molecular flexibility index (Phi) is 3.79. The third kappa shape index (κ3) is 2.25. The average Bonchev–Trinajstić information content (AvgIpc) is 2.52. The molecule has 0 spiro atoms. The van der Waals surface area contributed by atoms with Crippen LogP contribution in [0, 0.1) is 0 Å². The Hall–Kier alpha value is -1.71. The van der Waals surface area contributed by atoms with Gasteiger partial charge < -0.3 is 4.90 Å². The van der Waals surface area contributed by atoms with E-state index in [4.69, 9.17) is 23.2 Å². The molecule has 0 aliphatic carbocycles. The Bertz CT molecular complexity index is 701. The Morgan fingerprint density at radius 1 is 1.00 bits per heavy atom. The highest BCUT2D eigenvalue weighted by molar-refractivity contribution is 6.62. The minimum absolute atomic E-state index is 0.291. The van der Waals surface area contributed by atoms with Crippen molar-refractivity contribution in [2.75, 3.05) is 23.9 Å². The highest BCUT2D eigenvalue weighted by atomic mass is 35.5. The number of β-lactam (4-membered cyclic amide) rings is 1. The van der Waals surface area contributed by atoms with E-state index in [-0.39, 0.29) is 5.91 Å². The van der Waals surface area contributed by atoms with E-state index in [1.54, 1.807) is 4.90 Å². The standard InChI is InChI=1S/C17H16Cl2N2O/c1-20(2)14-11-7-6-10-13(14)15-17(18,19)16(22)21(15)12-8-4-3-5-9-12/h3-11,15H,1-2H3. The van der Waals surface area contributed by atoms with E-state index < -0.39 is 10.4 Å². The Labute approximate surface area is 140 Å². The van der Waals surface area contributed by atoms with Crippen molar-refractivity contribution in [1.82, 2.24) is 0 Å². The second-order valence-electron chi connectivity index (χ2n) is 5.49. The van der Waals surface area contributed by atoms with Crippen LogP contribution in [0.5, 0.6) is 0 Å². The second-order valence-corrected chi connectivity index (χ2v) is 6.88. The van der Waals surface area contributed by atoms with E-state index in [1.165, 1.54) is 0 Å². The van der Waals surface area contributed by atoms with E-state index in [0.29, 0.717) is 0 Å². The van der Waals surface area contributed by atoms with Crippen LogP contribution in [-0.4, -0.2) is 24.3 Å². The molecular formula is C17H16Cl2N2O. The second kappa shape index (κ2) is 5.49. The topological polar surface area (TPSA) is 23.6 Å². The van der Waals surface area contributed by atoms with Gasteiger partial charge in [0, 0.05) is 31.0 Å². The number of para-hydroxylation sites is 2. The van der Waals surface area contributed by atoms with Gasteiger partial charge in [-0.3, -0.25) is 9.69 Å². The first kappa shape index (κ1) is 15.2. The monoisotopic (exact) mass is 334 g/mol. The maximum atomic E-state index is 12.4. The van der Waals surface area contributed by atoms with Crippen molar-refractivity contribution in [1.29, 1.82) is 0 Å². The van der Waals surface area contributed by atoms with Crippen LogP contribution in [0.3, 0.4) is 0 Å². The Balaban J connectivity index is 2.09. The molecule has 1 aliphatic rings. The molecule has 0 saturated carbocycles. The summed E-state index contributed by atoms with van der Waals surface area (Å²) in [5.74, 6) is -0.291. The van der Waals surface area contributed by atoms with Crippen molar-refractivity contribution in [3.8, 4) is 0 Å². The quantitative estimate of drug-likeness (QED) is 0.625. The van der Waals surface area contributed by atoms with Crippen molar-refractivity contribution < 1.29 is 4.79 Å². The third-order valence-electron chi connectivity index (χ3n) is 3.85. The van der Waals surface area contributed by atoms with Crippen molar-refractivity contribution >= 4 is 40.5 Å². The maximum Gasteiger partial charge on any atom is 0.266 e. The van der Waals surface area contributed by atoms with Crippen LogP contribution in [0.25, 0.3) is 0 Å². The van der Waals surface area contributed by atoms with Gasteiger partial charge in [-0.15, -0.1) is 0 Å². The summed E-state index contributed by atoms with van der Waals surface area (Å²) in [6.07, 6.45) is 0. The van der Waals surface area contributed by atoms with Crippen molar-refractivity contribution in [2.45, 2.75) is 10.4 Å². The molecule has 1 saturated heterocycles. The van der Waals surface area contributed by atoms with Crippen LogP contribution in [0.2, 0.25) is 0 Å². The normalized spacial score (nSPS) is 19.7. The van der Waals surface area contributed by atoms with Gasteiger partial charge in [0.05, 0.1) is 0 Å². The number of alkyl halides is 2. The highest BCUT2D eigenvalue weighted by Crippen LogP contribution is 2.54. The van der Waals surface area contributed by atoms with Gasteiger partial charge in [0.25, 0.3) is 5.91 Å². The van der Waals surface area contributed by atoms with Crippen LogP contribution in [0.1, 0.15) is 11.6 Å². The summed E-state index contributed by atoms with van der Waals surface area (Å²) in [5.41, 5.74) is 2.72. The van der Waals surface area contributed by atoms with Gasteiger partial charge in [-0.2, -0.15) is 0 Å². The van der Waals surface area contributed by atoms with Crippen molar-refractivity contribution in [3.05, 3.63) is 60.2 Å². The fraction of sp³-hybridized carbons (Fsp3) is 0.235. The van der Waals surface area contributed by atoms with Gasteiger partial charge in [-0.25, -0.2) is 0 Å². The summed E-state index contributed by atoms with van der Waals surface area (Å²) in [4.78, 5) is 16.0. The van der Waals surface area contributed by atoms with Gasteiger partial charge in [0.15, 0.2) is 0 Å². The van der Waals surface area contributed by atoms with Crippen LogP contribution >= 0.6 is 23.2 Å². The lowest BCUT2D eigenvalue weighted by Crippen LogP contribution is -2.63. The lowest BCUT2D eigenvalue weighted by molar-refractivity contribution is -0.125. The molecule has 1 amide bonds. The van der Waals surface area contributed by atoms with Crippen molar-refractivity contribution in [3.63, 3.8) is 0 Å². The van der Waals surface area contributed by atoms with E-state index in [1.807, 2.05) is 73.6 Å². The molecule has 2 aromatic carbocycles. The van der Waals surface area contributed by atoms with Gasteiger partial charge in [-0.1, -0.05) is 59.6 Å². The molecule has 0 radical (unpaired) electrons. The number of nitrogens with zero attached hydrogens (tertiary/aromatic N) is 2. The zero-order chi connectivity index (χ0) is 15.9. The van der Waals surface area contributed by atoms with Gasteiger partial charge in [-0.05, 0) is 18.2 Å². The zero-order valence-corrected chi connectivity index (χ0v) is 13.8. The fourth-order valence-corrected chi connectivity index (χ4v) is 3.42. The summed E-state index contributed by atoms with van der Waals surface area (Å²) >= 11 is 12.7. The number of anilines is 2. The molecule has 3 nitrogen and oxygen atoms in total. The first-order valence-electron chi connectivity index (χ1n) is 6.97. The number of amides is 1. The first-order chi connectivity index (χ1) is 10.4. The number of carbonyl (C=O) groups is 1. The third-order valence-corrected chi connectivity index (χ3v) is 4.59. The van der Waals surface area contributed by atoms with Crippen LogP contribution < -0.4 is 9.80 Å². The molecule has 0 bridgehead atoms. The molecule has 22 heavy (non-hydrogen) atoms. The molecule has 114 valence electrons. The number of hydrogen-bond donors (Lipinski definition) is 0. The number of benzene rings is 2. The minimum atomic E-state index is -1.44. The molecule has 1 fully saturated rings. The van der Waals surface area contributed by atoms with Crippen LogP contribution in [0.4, 0.5) is 11.4 Å². The first-order valence-corrected chi connectivity index (χ1v) is 7.73. The maximum absolute atomic E-state index is 12.4. The molecule has 0 aromatic heterocycles. The Morgan fingerprint density at radius 3 is 2.23 bits per heavy atom. The number of hydrogen-bond acceptors (Lipinski definition) is 2. The summed E-state index contributed by atoms with van der Waals surface area (Å²) in [6, 6.07) is 16.9. The van der Waals surface area contributed by atoms with Crippen molar-refractivity contribution in [2.24, 2.45) is 0 Å². The molecule has 1 aliphatic heterocycles. The fourth-order valence-electron chi connectivity index (χ4n) is 2.81. The molecule has 1 heterocycles. The summed E-state index contributed by atoms with van der Waals surface area (Å²) in [6.45, 7) is 0. The highest BCUT2D eigenvalue weighted by Gasteiger charge is 2.60. The molecule has 1 atom stereocenters. The molecule has 5 heteroatoms. The predicted octanol–water partition coefficient (Wildman–Crippen LogP) is 4.01. The SMILES string of the molecule is CN(C)c1ccccc1C1N(c2ccccc2)C(=O)C1(Cl)Cl. The number of carbonyl (C=O) groups excluding carboxylic acids is 1. The van der Waals surface area contributed by atoms with E-state index in [0.717, 1.165) is 16.9 Å². The predicted molar refractivity (Wildman–Crippen MR) is 91.9 cm³/mol. The lowest BCUT2D eigenvalue weighted by Gasteiger charge is -2.50. The number of rotatable bonds is 3. The summed E-state index contributed by atoms with van der Waals surface area (Å²) in [5, 5.41) is 0. The van der Waals surface area contributed by atoms with Crippen LogP contribution in [0.15, 0.2) is 54.6 Å².